The lowest BCUT2D eigenvalue weighted by molar-refractivity contribution is 0.0733. The van der Waals surface area contributed by atoms with E-state index in [4.69, 9.17) is 16.3 Å². The Hall–Kier alpha value is -0.910. The number of carbonyl (C=O) groups excluding carboxylic acids is 1. The average molecular weight is 405 g/mol. The van der Waals surface area contributed by atoms with Crippen LogP contribution in [-0.2, 0) is 0 Å². The summed E-state index contributed by atoms with van der Waals surface area (Å²) in [6.45, 7) is 1.82. The molecule has 0 unspecified atom stereocenters. The fourth-order valence-corrected chi connectivity index (χ4v) is 2.87. The van der Waals surface area contributed by atoms with E-state index in [1.165, 1.54) is 6.20 Å². The van der Waals surface area contributed by atoms with Gasteiger partial charge in [0.15, 0.2) is 5.75 Å². The van der Waals surface area contributed by atoms with E-state index in [9.17, 15) is 4.79 Å². The first-order valence-electron chi connectivity index (χ1n) is 5.26. The summed E-state index contributed by atoms with van der Waals surface area (Å²) in [5.41, 5.74) is 1.13. The molecule has 0 fully saturated rings. The van der Waals surface area contributed by atoms with Gasteiger partial charge in [0.2, 0.25) is 0 Å². The molecule has 0 amide bonds. The molecule has 0 aliphatic heterocycles. The minimum Gasteiger partial charge on any atom is -0.421 e. The Labute approximate surface area is 132 Å². The Morgan fingerprint density at radius 3 is 2.58 bits per heavy atom. The van der Waals surface area contributed by atoms with Gasteiger partial charge in [-0.2, -0.15) is 0 Å². The smallest absolute Gasteiger partial charge is 0.345 e. The van der Waals surface area contributed by atoms with Gasteiger partial charge in [-0.05, 0) is 46.6 Å². The van der Waals surface area contributed by atoms with Crippen LogP contribution in [-0.4, -0.2) is 11.0 Å². The Morgan fingerprint density at radius 1 is 1.21 bits per heavy atom. The molecule has 1 aromatic carbocycles. The normalized spacial score (nSPS) is 10.3. The van der Waals surface area contributed by atoms with Gasteiger partial charge in [-0.1, -0.05) is 27.5 Å². The molecule has 0 radical (unpaired) electrons. The maximum atomic E-state index is 12.0. The molecule has 1 aromatic heterocycles. The number of pyridine rings is 1. The third kappa shape index (κ3) is 3.55. The van der Waals surface area contributed by atoms with Crippen LogP contribution in [0.15, 0.2) is 39.5 Å². The molecule has 0 spiro atoms. The standard InChI is InChI=1S/C13H8Br2ClNO2/c1-7-2-9(14)4-11(16)12(7)19-13(18)8-3-10(15)6-17-5-8/h2-6H,1H3. The van der Waals surface area contributed by atoms with Gasteiger partial charge in [0, 0.05) is 21.3 Å². The van der Waals surface area contributed by atoms with Crippen molar-refractivity contribution in [2.24, 2.45) is 0 Å². The van der Waals surface area contributed by atoms with Gasteiger partial charge in [0.25, 0.3) is 0 Å². The van der Waals surface area contributed by atoms with Crippen molar-refractivity contribution in [1.82, 2.24) is 4.98 Å². The van der Waals surface area contributed by atoms with Gasteiger partial charge in [-0.3, -0.25) is 4.98 Å². The second kappa shape index (κ2) is 6.03. The minimum atomic E-state index is -0.499. The van der Waals surface area contributed by atoms with Crippen molar-refractivity contribution in [3.63, 3.8) is 0 Å². The molecule has 98 valence electrons. The monoisotopic (exact) mass is 403 g/mol. The van der Waals surface area contributed by atoms with E-state index >= 15 is 0 Å². The SMILES string of the molecule is Cc1cc(Br)cc(Cl)c1OC(=O)c1cncc(Br)c1. The van der Waals surface area contributed by atoms with Gasteiger partial charge in [0.05, 0.1) is 10.6 Å². The van der Waals surface area contributed by atoms with Crippen molar-refractivity contribution < 1.29 is 9.53 Å². The van der Waals surface area contributed by atoms with E-state index in [0.29, 0.717) is 20.8 Å². The summed E-state index contributed by atoms with van der Waals surface area (Å²) < 4.78 is 6.86. The number of hydrogen-bond acceptors (Lipinski definition) is 3. The number of nitrogens with zero attached hydrogens (tertiary/aromatic N) is 1. The van der Waals surface area contributed by atoms with Crippen LogP contribution in [0.3, 0.4) is 0 Å². The number of halogens is 3. The van der Waals surface area contributed by atoms with Crippen molar-refractivity contribution in [3.05, 3.63) is 55.7 Å². The highest BCUT2D eigenvalue weighted by molar-refractivity contribution is 9.10. The average Bonchev–Trinajstić information content (AvgIpc) is 2.33. The number of aryl methyl sites for hydroxylation is 1. The molecule has 2 rings (SSSR count). The van der Waals surface area contributed by atoms with Crippen molar-refractivity contribution in [2.75, 3.05) is 0 Å². The molecule has 0 aliphatic rings. The zero-order valence-electron chi connectivity index (χ0n) is 9.78. The molecule has 6 heteroatoms. The zero-order chi connectivity index (χ0) is 14.0. The number of ether oxygens (including phenoxy) is 1. The lowest BCUT2D eigenvalue weighted by Gasteiger charge is -2.09. The number of aromatic nitrogens is 1. The van der Waals surface area contributed by atoms with Crippen LogP contribution in [0, 0.1) is 6.92 Å². The number of hydrogen-bond donors (Lipinski definition) is 0. The summed E-state index contributed by atoms with van der Waals surface area (Å²) in [5, 5.41) is 0.378. The van der Waals surface area contributed by atoms with E-state index in [2.05, 4.69) is 36.8 Å². The summed E-state index contributed by atoms with van der Waals surface area (Å²) in [6, 6.07) is 5.14. The van der Waals surface area contributed by atoms with Crippen LogP contribution in [0.25, 0.3) is 0 Å². The molecule has 0 aliphatic carbocycles. The first-order chi connectivity index (χ1) is 8.97. The topological polar surface area (TPSA) is 39.2 Å². The Kier molecular flexibility index (Phi) is 4.60. The second-order valence-electron chi connectivity index (χ2n) is 3.81. The van der Waals surface area contributed by atoms with Gasteiger partial charge in [0.1, 0.15) is 0 Å². The maximum Gasteiger partial charge on any atom is 0.345 e. The summed E-state index contributed by atoms with van der Waals surface area (Å²) in [5.74, 6) is -0.143. The minimum absolute atomic E-state index is 0.354. The summed E-state index contributed by atoms with van der Waals surface area (Å²) in [6.07, 6.45) is 3.03. The quantitative estimate of drug-likeness (QED) is 0.533. The first kappa shape index (κ1) is 14.5. The van der Waals surface area contributed by atoms with Crippen molar-refractivity contribution >= 4 is 49.4 Å². The van der Waals surface area contributed by atoms with Crippen LogP contribution < -0.4 is 4.74 Å². The largest absolute Gasteiger partial charge is 0.421 e. The van der Waals surface area contributed by atoms with Crippen molar-refractivity contribution in [2.45, 2.75) is 6.92 Å². The van der Waals surface area contributed by atoms with Crippen LogP contribution in [0.2, 0.25) is 5.02 Å². The highest BCUT2D eigenvalue weighted by Crippen LogP contribution is 2.32. The van der Waals surface area contributed by atoms with Crippen LogP contribution in [0.1, 0.15) is 15.9 Å². The number of benzene rings is 1. The molecule has 0 atom stereocenters. The van der Waals surface area contributed by atoms with Gasteiger partial charge in [-0.25, -0.2) is 4.79 Å². The van der Waals surface area contributed by atoms with E-state index in [1.54, 1.807) is 18.3 Å². The molecule has 3 nitrogen and oxygen atoms in total. The third-order valence-electron chi connectivity index (χ3n) is 2.33. The molecule has 0 bridgehead atoms. The van der Waals surface area contributed by atoms with Crippen molar-refractivity contribution in [3.8, 4) is 5.75 Å². The number of rotatable bonds is 2. The van der Waals surface area contributed by atoms with Crippen LogP contribution >= 0.6 is 43.5 Å². The van der Waals surface area contributed by atoms with E-state index in [0.717, 1.165) is 10.0 Å². The second-order valence-corrected chi connectivity index (χ2v) is 6.05. The Bertz CT molecular complexity index is 623. The van der Waals surface area contributed by atoms with Crippen LogP contribution in [0.4, 0.5) is 0 Å². The zero-order valence-corrected chi connectivity index (χ0v) is 13.7. The fraction of sp³-hybridized carbons (Fsp3) is 0.0769. The molecule has 2 aromatic rings. The highest BCUT2D eigenvalue weighted by atomic mass is 79.9. The lowest BCUT2D eigenvalue weighted by Crippen LogP contribution is -2.10. The number of carbonyl (C=O) groups is 1. The summed E-state index contributed by atoms with van der Waals surface area (Å²) >= 11 is 12.6. The Balaban J connectivity index is 2.29. The molecular formula is C13H8Br2ClNO2. The highest BCUT2D eigenvalue weighted by Gasteiger charge is 2.14. The predicted molar refractivity (Wildman–Crippen MR) is 80.8 cm³/mol. The third-order valence-corrected chi connectivity index (χ3v) is 3.50. The predicted octanol–water partition coefficient (Wildman–Crippen LogP) is 4.79. The molecule has 0 saturated carbocycles. The fourth-order valence-electron chi connectivity index (χ4n) is 1.49. The van der Waals surface area contributed by atoms with E-state index in [-0.39, 0.29) is 0 Å². The number of esters is 1. The summed E-state index contributed by atoms with van der Waals surface area (Å²) in [7, 11) is 0. The molecular weight excluding hydrogens is 397 g/mol. The molecule has 0 N–H and O–H groups in total. The lowest BCUT2D eigenvalue weighted by atomic mass is 10.2. The molecule has 0 saturated heterocycles. The summed E-state index contributed by atoms with van der Waals surface area (Å²) in [4.78, 5) is 15.9. The van der Waals surface area contributed by atoms with E-state index in [1.807, 2.05) is 13.0 Å². The van der Waals surface area contributed by atoms with Crippen molar-refractivity contribution in [1.29, 1.82) is 0 Å². The Morgan fingerprint density at radius 2 is 1.95 bits per heavy atom. The van der Waals surface area contributed by atoms with E-state index < -0.39 is 5.97 Å². The first-order valence-corrected chi connectivity index (χ1v) is 7.22. The van der Waals surface area contributed by atoms with Gasteiger partial charge >= 0.3 is 5.97 Å². The van der Waals surface area contributed by atoms with Crippen LogP contribution in [0.5, 0.6) is 5.75 Å². The molecule has 19 heavy (non-hydrogen) atoms. The van der Waals surface area contributed by atoms with Gasteiger partial charge in [-0.15, -0.1) is 0 Å². The maximum absolute atomic E-state index is 12.0. The van der Waals surface area contributed by atoms with Gasteiger partial charge < -0.3 is 4.74 Å². The molecule has 1 heterocycles.